The summed E-state index contributed by atoms with van der Waals surface area (Å²) in [7, 11) is 0. The van der Waals surface area contributed by atoms with E-state index < -0.39 is 24.1 Å². The van der Waals surface area contributed by atoms with Crippen molar-refractivity contribution >= 4 is 11.9 Å². The second-order valence-electron chi connectivity index (χ2n) is 3.42. The summed E-state index contributed by atoms with van der Waals surface area (Å²) < 4.78 is 4.54. The van der Waals surface area contributed by atoms with Gasteiger partial charge in [-0.1, -0.05) is 0 Å². The van der Waals surface area contributed by atoms with E-state index in [9.17, 15) is 19.8 Å². The first-order valence-electron chi connectivity index (χ1n) is 5.19. The summed E-state index contributed by atoms with van der Waals surface area (Å²) in [6.45, 7) is 1.64. The van der Waals surface area contributed by atoms with Gasteiger partial charge in [0.2, 0.25) is 0 Å². The summed E-state index contributed by atoms with van der Waals surface area (Å²) in [5.41, 5.74) is -0.0721. The Kier molecular flexibility index (Phi) is 4.75. The molecule has 0 fully saturated rings. The number of rotatable bonds is 5. The van der Waals surface area contributed by atoms with Crippen molar-refractivity contribution in [3.63, 3.8) is 0 Å². The van der Waals surface area contributed by atoms with Crippen molar-refractivity contribution in [3.8, 4) is 0 Å². The summed E-state index contributed by atoms with van der Waals surface area (Å²) in [6.07, 6.45) is -2.29. The summed E-state index contributed by atoms with van der Waals surface area (Å²) in [5.74, 6) is -2.12. The Hall–Kier alpha value is -1.99. The third-order valence-corrected chi connectivity index (χ3v) is 2.16. The molecule has 0 amide bonds. The van der Waals surface area contributed by atoms with Gasteiger partial charge in [-0.15, -0.1) is 0 Å². The van der Waals surface area contributed by atoms with Crippen molar-refractivity contribution in [1.82, 2.24) is 4.98 Å². The van der Waals surface area contributed by atoms with Gasteiger partial charge in [-0.25, -0.2) is 9.59 Å². The standard InChI is InChI=1S/C11H13NO6/c1-2-18-11(17)9(14)8(13)7-4-3-6(5-12-7)10(15)16/h3-5,8-9,13-14H,2H2,1H3,(H,15,16). The first kappa shape index (κ1) is 14.1. The predicted molar refractivity (Wildman–Crippen MR) is 58.8 cm³/mol. The topological polar surface area (TPSA) is 117 Å². The number of pyridine rings is 1. The van der Waals surface area contributed by atoms with E-state index in [4.69, 9.17) is 5.11 Å². The zero-order chi connectivity index (χ0) is 13.7. The van der Waals surface area contributed by atoms with Gasteiger partial charge in [-0.3, -0.25) is 4.98 Å². The fraction of sp³-hybridized carbons (Fsp3) is 0.364. The Balaban J connectivity index is 2.80. The van der Waals surface area contributed by atoms with Crippen LogP contribution in [0.25, 0.3) is 0 Å². The second kappa shape index (κ2) is 6.08. The number of nitrogens with zero attached hydrogens (tertiary/aromatic N) is 1. The SMILES string of the molecule is CCOC(=O)C(O)C(O)c1ccc(C(=O)O)cn1. The molecular weight excluding hydrogens is 242 g/mol. The Morgan fingerprint density at radius 1 is 1.39 bits per heavy atom. The summed E-state index contributed by atoms with van der Waals surface area (Å²) in [6, 6.07) is 2.43. The van der Waals surface area contributed by atoms with Gasteiger partial charge < -0.3 is 20.1 Å². The third kappa shape index (κ3) is 3.25. The zero-order valence-corrected chi connectivity index (χ0v) is 9.61. The molecule has 7 heteroatoms. The van der Waals surface area contributed by atoms with E-state index in [1.54, 1.807) is 6.92 Å². The number of aromatic nitrogens is 1. The third-order valence-electron chi connectivity index (χ3n) is 2.16. The van der Waals surface area contributed by atoms with Crippen LogP contribution >= 0.6 is 0 Å². The molecule has 1 aromatic rings. The minimum Gasteiger partial charge on any atom is -0.478 e. The molecule has 0 aliphatic rings. The number of hydrogen-bond donors (Lipinski definition) is 3. The van der Waals surface area contributed by atoms with Crippen LogP contribution in [-0.2, 0) is 9.53 Å². The van der Waals surface area contributed by atoms with E-state index in [0.717, 1.165) is 6.20 Å². The minimum atomic E-state index is -1.76. The number of aliphatic hydroxyl groups excluding tert-OH is 2. The fourth-order valence-electron chi connectivity index (χ4n) is 1.23. The number of esters is 1. The lowest BCUT2D eigenvalue weighted by atomic mass is 10.1. The van der Waals surface area contributed by atoms with E-state index >= 15 is 0 Å². The highest BCUT2D eigenvalue weighted by Crippen LogP contribution is 2.16. The van der Waals surface area contributed by atoms with Crippen molar-refractivity contribution in [3.05, 3.63) is 29.6 Å². The van der Waals surface area contributed by atoms with Crippen molar-refractivity contribution in [2.45, 2.75) is 19.1 Å². The lowest BCUT2D eigenvalue weighted by Gasteiger charge is -2.15. The van der Waals surface area contributed by atoms with Gasteiger partial charge in [0.05, 0.1) is 17.9 Å². The first-order chi connectivity index (χ1) is 8.47. The molecule has 18 heavy (non-hydrogen) atoms. The van der Waals surface area contributed by atoms with E-state index in [0.29, 0.717) is 0 Å². The number of aromatic carboxylic acids is 1. The first-order valence-corrected chi connectivity index (χ1v) is 5.19. The minimum absolute atomic E-state index is 0.0134. The molecule has 0 radical (unpaired) electrons. The maximum atomic E-state index is 11.2. The molecule has 1 aromatic heterocycles. The highest BCUT2D eigenvalue weighted by Gasteiger charge is 2.27. The summed E-state index contributed by atoms with van der Waals surface area (Å²) in [5, 5.41) is 27.8. The van der Waals surface area contributed by atoms with Crippen molar-refractivity contribution in [1.29, 1.82) is 0 Å². The van der Waals surface area contributed by atoms with Crippen LogP contribution in [0.15, 0.2) is 18.3 Å². The van der Waals surface area contributed by atoms with Crippen LogP contribution in [-0.4, -0.2) is 45.0 Å². The second-order valence-corrected chi connectivity index (χ2v) is 3.42. The Morgan fingerprint density at radius 2 is 2.06 bits per heavy atom. The number of carboxylic acid groups (broad SMARTS) is 1. The molecule has 0 aliphatic heterocycles. The largest absolute Gasteiger partial charge is 0.478 e. The normalized spacial score (nSPS) is 13.7. The Labute approximate surface area is 103 Å². The molecule has 2 atom stereocenters. The lowest BCUT2D eigenvalue weighted by molar-refractivity contribution is -0.159. The lowest BCUT2D eigenvalue weighted by Crippen LogP contribution is -2.30. The predicted octanol–water partition coefficient (Wildman–Crippen LogP) is -0.263. The molecular formula is C11H13NO6. The van der Waals surface area contributed by atoms with Crippen LogP contribution in [0, 0.1) is 0 Å². The molecule has 1 rings (SSSR count). The highest BCUT2D eigenvalue weighted by atomic mass is 16.5. The van der Waals surface area contributed by atoms with Crippen LogP contribution in [0.3, 0.4) is 0 Å². The molecule has 98 valence electrons. The number of aliphatic hydroxyl groups is 2. The summed E-state index contributed by atoms with van der Waals surface area (Å²) >= 11 is 0. The van der Waals surface area contributed by atoms with Gasteiger partial charge in [0.1, 0.15) is 6.10 Å². The van der Waals surface area contributed by atoms with Gasteiger partial charge in [-0.05, 0) is 19.1 Å². The monoisotopic (exact) mass is 255 g/mol. The average Bonchev–Trinajstić information content (AvgIpc) is 2.37. The quantitative estimate of drug-likeness (QED) is 0.620. The van der Waals surface area contributed by atoms with Crippen LogP contribution < -0.4 is 0 Å². The molecule has 0 saturated carbocycles. The van der Waals surface area contributed by atoms with Gasteiger partial charge in [0.15, 0.2) is 6.10 Å². The number of carbonyl (C=O) groups is 2. The van der Waals surface area contributed by atoms with Crippen molar-refractivity contribution in [2.75, 3.05) is 6.61 Å². The molecule has 7 nitrogen and oxygen atoms in total. The maximum absolute atomic E-state index is 11.2. The fourth-order valence-corrected chi connectivity index (χ4v) is 1.23. The van der Waals surface area contributed by atoms with Crippen LogP contribution in [0.2, 0.25) is 0 Å². The molecule has 0 aromatic carbocycles. The molecule has 0 saturated heterocycles. The smallest absolute Gasteiger partial charge is 0.338 e. The summed E-state index contributed by atoms with van der Waals surface area (Å²) in [4.78, 5) is 25.4. The van der Waals surface area contributed by atoms with Gasteiger partial charge in [0.25, 0.3) is 0 Å². The molecule has 0 spiro atoms. The van der Waals surface area contributed by atoms with E-state index in [-0.39, 0.29) is 17.9 Å². The number of ether oxygens (including phenoxy) is 1. The van der Waals surface area contributed by atoms with E-state index in [1.165, 1.54) is 12.1 Å². The van der Waals surface area contributed by atoms with Crippen LogP contribution in [0.1, 0.15) is 29.1 Å². The Bertz CT molecular complexity index is 430. The molecule has 2 unspecified atom stereocenters. The molecule has 1 heterocycles. The highest BCUT2D eigenvalue weighted by molar-refractivity contribution is 5.87. The molecule has 0 aliphatic carbocycles. The number of carbonyl (C=O) groups excluding carboxylic acids is 1. The molecule has 3 N–H and O–H groups in total. The number of hydrogen-bond acceptors (Lipinski definition) is 6. The van der Waals surface area contributed by atoms with E-state index in [1.807, 2.05) is 0 Å². The van der Waals surface area contributed by atoms with Crippen molar-refractivity contribution < 1.29 is 29.6 Å². The van der Waals surface area contributed by atoms with Crippen LogP contribution in [0.4, 0.5) is 0 Å². The molecule has 0 bridgehead atoms. The van der Waals surface area contributed by atoms with Crippen LogP contribution in [0.5, 0.6) is 0 Å². The number of carboxylic acids is 1. The average molecular weight is 255 g/mol. The van der Waals surface area contributed by atoms with Gasteiger partial charge in [0, 0.05) is 6.20 Å². The zero-order valence-electron chi connectivity index (χ0n) is 9.61. The van der Waals surface area contributed by atoms with Gasteiger partial charge in [-0.2, -0.15) is 0 Å². The van der Waals surface area contributed by atoms with Gasteiger partial charge >= 0.3 is 11.9 Å². The maximum Gasteiger partial charge on any atom is 0.338 e. The van der Waals surface area contributed by atoms with E-state index in [2.05, 4.69) is 9.72 Å². The Morgan fingerprint density at radius 3 is 2.50 bits per heavy atom. The van der Waals surface area contributed by atoms with Crippen molar-refractivity contribution in [2.24, 2.45) is 0 Å².